The van der Waals surface area contributed by atoms with Crippen molar-refractivity contribution in [3.63, 3.8) is 0 Å². The summed E-state index contributed by atoms with van der Waals surface area (Å²) in [7, 11) is 0. The molecule has 82 valence electrons. The summed E-state index contributed by atoms with van der Waals surface area (Å²) in [6, 6.07) is 3.08. The van der Waals surface area contributed by atoms with E-state index in [1.165, 1.54) is 6.07 Å². The minimum atomic E-state index is -0.264. The second-order valence-electron chi connectivity index (χ2n) is 4.53. The van der Waals surface area contributed by atoms with Gasteiger partial charge in [-0.3, -0.25) is 0 Å². The lowest BCUT2D eigenvalue weighted by Gasteiger charge is -2.14. The van der Waals surface area contributed by atoms with E-state index in [0.29, 0.717) is 22.4 Å². The number of hydrogen-bond donors (Lipinski definition) is 1. The molecule has 1 fully saturated rings. The van der Waals surface area contributed by atoms with Crippen LogP contribution in [0.15, 0.2) is 12.1 Å². The maximum absolute atomic E-state index is 13.2. The maximum Gasteiger partial charge on any atom is 0.127 e. The number of halogens is 2. The van der Waals surface area contributed by atoms with Crippen LogP contribution in [0.5, 0.6) is 0 Å². The summed E-state index contributed by atoms with van der Waals surface area (Å²) >= 11 is 6.00. The largest absolute Gasteiger partial charge is 0.324 e. The van der Waals surface area contributed by atoms with Crippen LogP contribution in [-0.4, -0.2) is 0 Å². The predicted molar refractivity (Wildman–Crippen MR) is 60.3 cm³/mol. The van der Waals surface area contributed by atoms with Crippen LogP contribution in [0.2, 0.25) is 5.02 Å². The van der Waals surface area contributed by atoms with E-state index in [1.54, 1.807) is 13.0 Å². The molecule has 0 amide bonds. The molecule has 0 aliphatic heterocycles. The molecule has 1 aromatic carbocycles. The molecule has 1 nitrogen and oxygen atoms in total. The van der Waals surface area contributed by atoms with Crippen molar-refractivity contribution in [2.75, 3.05) is 0 Å². The van der Waals surface area contributed by atoms with Gasteiger partial charge in [0.15, 0.2) is 0 Å². The molecule has 0 aromatic heterocycles. The third-order valence-corrected chi connectivity index (χ3v) is 3.60. The molecule has 3 heteroatoms. The zero-order valence-electron chi connectivity index (χ0n) is 8.93. The summed E-state index contributed by atoms with van der Waals surface area (Å²) in [5.41, 5.74) is 7.59. The molecule has 1 aliphatic rings. The van der Waals surface area contributed by atoms with Crippen LogP contribution in [0, 0.1) is 24.6 Å². The minimum Gasteiger partial charge on any atom is -0.324 e. The summed E-state index contributed by atoms with van der Waals surface area (Å²) in [4.78, 5) is 0. The molecule has 0 spiro atoms. The Labute approximate surface area is 94.4 Å². The number of rotatable bonds is 2. The fourth-order valence-electron chi connectivity index (χ4n) is 2.02. The van der Waals surface area contributed by atoms with Crippen LogP contribution in [0.25, 0.3) is 0 Å². The molecule has 1 saturated carbocycles. The Kier molecular flexibility index (Phi) is 2.73. The van der Waals surface area contributed by atoms with Gasteiger partial charge >= 0.3 is 0 Å². The number of aryl methyl sites for hydroxylation is 1. The Bertz CT molecular complexity index is 391. The van der Waals surface area contributed by atoms with E-state index < -0.39 is 0 Å². The molecule has 3 unspecified atom stereocenters. The highest BCUT2D eigenvalue weighted by Gasteiger charge is 2.39. The van der Waals surface area contributed by atoms with Gasteiger partial charge in [-0.15, -0.1) is 0 Å². The van der Waals surface area contributed by atoms with Crippen molar-refractivity contribution >= 4 is 11.6 Å². The van der Waals surface area contributed by atoms with Crippen LogP contribution in [0.1, 0.15) is 30.5 Å². The molecule has 2 rings (SSSR count). The van der Waals surface area contributed by atoms with Gasteiger partial charge in [0.25, 0.3) is 0 Å². The van der Waals surface area contributed by atoms with Crippen molar-refractivity contribution in [3.05, 3.63) is 34.1 Å². The molecular weight excluding hydrogens is 213 g/mol. The molecule has 0 saturated heterocycles. The van der Waals surface area contributed by atoms with Crippen LogP contribution in [0.4, 0.5) is 4.39 Å². The van der Waals surface area contributed by atoms with Gasteiger partial charge in [0.05, 0.1) is 0 Å². The lowest BCUT2D eigenvalue weighted by atomic mass is 10.00. The molecule has 3 atom stereocenters. The second-order valence-corrected chi connectivity index (χ2v) is 4.93. The predicted octanol–water partition coefficient (Wildman–Crippen LogP) is 3.44. The summed E-state index contributed by atoms with van der Waals surface area (Å²) < 4.78 is 13.2. The Morgan fingerprint density at radius 1 is 1.53 bits per heavy atom. The Morgan fingerprint density at radius 3 is 2.67 bits per heavy atom. The van der Waals surface area contributed by atoms with E-state index in [0.717, 1.165) is 12.0 Å². The molecule has 0 bridgehead atoms. The van der Waals surface area contributed by atoms with E-state index in [2.05, 4.69) is 6.92 Å². The van der Waals surface area contributed by atoms with Gasteiger partial charge in [-0.05, 0) is 42.4 Å². The summed E-state index contributed by atoms with van der Waals surface area (Å²) in [6.07, 6.45) is 1.15. The fraction of sp³-hybridized carbons (Fsp3) is 0.500. The first kappa shape index (κ1) is 10.9. The van der Waals surface area contributed by atoms with E-state index in [-0.39, 0.29) is 11.9 Å². The first-order chi connectivity index (χ1) is 7.00. The lowest BCUT2D eigenvalue weighted by Crippen LogP contribution is -2.14. The Morgan fingerprint density at radius 2 is 2.13 bits per heavy atom. The van der Waals surface area contributed by atoms with Crippen molar-refractivity contribution in [1.29, 1.82) is 0 Å². The van der Waals surface area contributed by atoms with Gasteiger partial charge in [0.2, 0.25) is 0 Å². The molecule has 0 heterocycles. The zero-order valence-corrected chi connectivity index (χ0v) is 9.68. The SMILES string of the molecule is Cc1cc(C(N)C2CC2C)c(Cl)cc1F. The van der Waals surface area contributed by atoms with Crippen LogP contribution >= 0.6 is 11.6 Å². The average Bonchev–Trinajstić information content (AvgIpc) is 2.88. The van der Waals surface area contributed by atoms with Crippen molar-refractivity contribution < 1.29 is 4.39 Å². The number of benzene rings is 1. The molecule has 2 N–H and O–H groups in total. The number of nitrogens with two attached hydrogens (primary N) is 1. The highest BCUT2D eigenvalue weighted by atomic mass is 35.5. The van der Waals surface area contributed by atoms with Crippen molar-refractivity contribution in [1.82, 2.24) is 0 Å². The topological polar surface area (TPSA) is 26.0 Å². The molecule has 1 aromatic rings. The standard InChI is InChI=1S/C12H15ClFN/c1-6-3-8(6)12(15)9-4-7(2)11(14)5-10(9)13/h4-6,8,12H,3,15H2,1-2H3. The highest BCUT2D eigenvalue weighted by molar-refractivity contribution is 6.31. The Hall–Kier alpha value is -0.600. The Balaban J connectivity index is 2.31. The van der Waals surface area contributed by atoms with E-state index in [1.807, 2.05) is 0 Å². The first-order valence-corrected chi connectivity index (χ1v) is 5.59. The van der Waals surface area contributed by atoms with Gasteiger partial charge in [-0.25, -0.2) is 4.39 Å². The third kappa shape index (κ3) is 2.01. The van der Waals surface area contributed by atoms with E-state index >= 15 is 0 Å². The quantitative estimate of drug-likeness (QED) is 0.823. The van der Waals surface area contributed by atoms with Gasteiger partial charge in [0, 0.05) is 11.1 Å². The molecule has 0 radical (unpaired) electrons. The third-order valence-electron chi connectivity index (χ3n) is 3.27. The summed E-state index contributed by atoms with van der Waals surface area (Å²) in [6.45, 7) is 3.91. The minimum absolute atomic E-state index is 0.0493. The maximum atomic E-state index is 13.2. The van der Waals surface area contributed by atoms with Gasteiger partial charge in [0.1, 0.15) is 5.82 Å². The monoisotopic (exact) mass is 227 g/mol. The normalized spacial score (nSPS) is 26.5. The molecule has 1 aliphatic carbocycles. The van der Waals surface area contributed by atoms with E-state index in [4.69, 9.17) is 17.3 Å². The average molecular weight is 228 g/mol. The van der Waals surface area contributed by atoms with Crippen molar-refractivity contribution in [3.8, 4) is 0 Å². The van der Waals surface area contributed by atoms with Crippen LogP contribution in [-0.2, 0) is 0 Å². The second kappa shape index (κ2) is 3.76. The highest BCUT2D eigenvalue weighted by Crippen LogP contribution is 2.47. The van der Waals surface area contributed by atoms with Crippen molar-refractivity contribution in [2.45, 2.75) is 26.3 Å². The zero-order chi connectivity index (χ0) is 11.2. The number of hydrogen-bond acceptors (Lipinski definition) is 1. The molecule has 15 heavy (non-hydrogen) atoms. The molecular formula is C12H15ClFN. The first-order valence-electron chi connectivity index (χ1n) is 5.22. The van der Waals surface area contributed by atoms with Gasteiger partial charge < -0.3 is 5.73 Å². The smallest absolute Gasteiger partial charge is 0.127 e. The van der Waals surface area contributed by atoms with Gasteiger partial charge in [-0.1, -0.05) is 24.6 Å². The van der Waals surface area contributed by atoms with E-state index in [9.17, 15) is 4.39 Å². The fourth-order valence-corrected chi connectivity index (χ4v) is 2.29. The van der Waals surface area contributed by atoms with Crippen LogP contribution < -0.4 is 5.73 Å². The van der Waals surface area contributed by atoms with Crippen molar-refractivity contribution in [2.24, 2.45) is 17.6 Å². The summed E-state index contributed by atoms with van der Waals surface area (Å²) in [5, 5.41) is 0.449. The van der Waals surface area contributed by atoms with Gasteiger partial charge in [-0.2, -0.15) is 0 Å². The lowest BCUT2D eigenvalue weighted by molar-refractivity contribution is 0.585. The summed E-state index contributed by atoms with van der Waals surface area (Å²) in [5.74, 6) is 0.911. The van der Waals surface area contributed by atoms with Crippen LogP contribution in [0.3, 0.4) is 0 Å².